The molecular formula is C17H18F3N3O3. The van der Waals surface area contributed by atoms with Gasteiger partial charge in [0.25, 0.3) is 0 Å². The number of carboxylic acid groups (broad SMARTS) is 1. The van der Waals surface area contributed by atoms with Crippen LogP contribution in [0.3, 0.4) is 0 Å². The number of para-hydroxylation sites is 2. The van der Waals surface area contributed by atoms with E-state index in [4.69, 9.17) is 5.11 Å². The Labute approximate surface area is 147 Å². The van der Waals surface area contributed by atoms with Crippen LogP contribution in [0.25, 0.3) is 11.0 Å². The summed E-state index contributed by atoms with van der Waals surface area (Å²) in [5.41, 5.74) is -0.542. The van der Waals surface area contributed by atoms with E-state index >= 15 is 0 Å². The number of benzene rings is 1. The molecule has 0 bridgehead atoms. The summed E-state index contributed by atoms with van der Waals surface area (Å²) in [6.07, 6.45) is -2.39. The van der Waals surface area contributed by atoms with Crippen molar-refractivity contribution in [3.05, 3.63) is 30.1 Å². The van der Waals surface area contributed by atoms with Gasteiger partial charge in [-0.3, -0.25) is 9.59 Å². The standard InChI is InChI=1S/C17H18F3N3O3/c18-17(19,20)15-21-11-5-1-2-6-12(11)23(15)10-13(24)22-16(9-14(25)26)7-3-4-8-16/h1-2,5-6H,3-4,7-10H2,(H,22,24)(H,25,26). The fraction of sp³-hybridized carbons (Fsp3) is 0.471. The minimum Gasteiger partial charge on any atom is -0.481 e. The van der Waals surface area contributed by atoms with Crippen molar-refractivity contribution in [2.45, 2.75) is 50.4 Å². The Kier molecular flexibility index (Phi) is 4.64. The summed E-state index contributed by atoms with van der Waals surface area (Å²) in [5, 5.41) is 11.8. The molecule has 1 aromatic carbocycles. The maximum Gasteiger partial charge on any atom is 0.449 e. The zero-order valence-electron chi connectivity index (χ0n) is 13.8. The molecule has 1 saturated carbocycles. The molecule has 0 aliphatic heterocycles. The van der Waals surface area contributed by atoms with E-state index in [1.165, 1.54) is 12.1 Å². The number of halogens is 3. The van der Waals surface area contributed by atoms with Crippen LogP contribution in [0.1, 0.15) is 37.9 Å². The predicted octanol–water partition coefficient (Wildman–Crippen LogP) is 2.96. The van der Waals surface area contributed by atoms with Crippen molar-refractivity contribution in [3.63, 3.8) is 0 Å². The van der Waals surface area contributed by atoms with Crippen LogP contribution in [0.2, 0.25) is 0 Å². The number of fused-ring (bicyclic) bond motifs is 1. The van der Waals surface area contributed by atoms with Gasteiger partial charge in [-0.2, -0.15) is 13.2 Å². The number of hydrogen-bond acceptors (Lipinski definition) is 3. The fourth-order valence-corrected chi connectivity index (χ4v) is 3.62. The maximum atomic E-state index is 13.3. The molecule has 0 spiro atoms. The fourth-order valence-electron chi connectivity index (χ4n) is 3.62. The number of alkyl halides is 3. The highest BCUT2D eigenvalue weighted by atomic mass is 19.4. The molecule has 3 rings (SSSR count). The van der Waals surface area contributed by atoms with E-state index in [0.717, 1.165) is 17.4 Å². The molecule has 9 heteroatoms. The van der Waals surface area contributed by atoms with Crippen molar-refractivity contribution in [2.75, 3.05) is 0 Å². The predicted molar refractivity (Wildman–Crippen MR) is 86.3 cm³/mol. The van der Waals surface area contributed by atoms with Gasteiger partial charge >= 0.3 is 12.1 Å². The van der Waals surface area contributed by atoms with Crippen LogP contribution in [0.15, 0.2) is 24.3 Å². The van der Waals surface area contributed by atoms with Crippen molar-refractivity contribution in [1.29, 1.82) is 0 Å². The Morgan fingerprint density at radius 1 is 1.23 bits per heavy atom. The zero-order chi connectivity index (χ0) is 18.9. The van der Waals surface area contributed by atoms with Gasteiger partial charge in [-0.05, 0) is 25.0 Å². The smallest absolute Gasteiger partial charge is 0.449 e. The summed E-state index contributed by atoms with van der Waals surface area (Å²) < 4.78 is 40.7. The first-order chi connectivity index (χ1) is 12.2. The number of imidazole rings is 1. The lowest BCUT2D eigenvalue weighted by atomic mass is 9.93. The summed E-state index contributed by atoms with van der Waals surface area (Å²) in [5.74, 6) is -2.84. The van der Waals surface area contributed by atoms with Crippen LogP contribution >= 0.6 is 0 Å². The normalized spacial score (nSPS) is 16.7. The molecule has 1 heterocycles. The second-order valence-corrected chi connectivity index (χ2v) is 6.61. The van der Waals surface area contributed by atoms with Crippen LogP contribution in [-0.2, 0) is 22.3 Å². The molecule has 26 heavy (non-hydrogen) atoms. The van der Waals surface area contributed by atoms with Crippen molar-refractivity contribution in [1.82, 2.24) is 14.9 Å². The Morgan fingerprint density at radius 2 is 1.88 bits per heavy atom. The van der Waals surface area contributed by atoms with Gasteiger partial charge in [-0.1, -0.05) is 25.0 Å². The molecule has 0 unspecified atom stereocenters. The number of nitrogens with zero attached hydrogens (tertiary/aromatic N) is 2. The summed E-state index contributed by atoms with van der Waals surface area (Å²) in [6.45, 7) is -0.573. The number of rotatable bonds is 5. The van der Waals surface area contributed by atoms with E-state index in [-0.39, 0.29) is 17.5 Å². The van der Waals surface area contributed by atoms with Gasteiger partial charge in [0.1, 0.15) is 6.54 Å². The zero-order valence-corrected chi connectivity index (χ0v) is 13.8. The Hall–Kier alpha value is -2.58. The van der Waals surface area contributed by atoms with Gasteiger partial charge in [-0.15, -0.1) is 0 Å². The van der Waals surface area contributed by atoms with Crippen LogP contribution in [0, 0.1) is 0 Å². The number of hydrogen-bond donors (Lipinski definition) is 2. The van der Waals surface area contributed by atoms with E-state index in [2.05, 4.69) is 10.3 Å². The van der Waals surface area contributed by atoms with E-state index in [1.807, 2.05) is 0 Å². The molecule has 1 aliphatic carbocycles. The minimum absolute atomic E-state index is 0.147. The average molecular weight is 369 g/mol. The molecule has 140 valence electrons. The molecule has 6 nitrogen and oxygen atoms in total. The number of carbonyl (C=O) groups excluding carboxylic acids is 1. The number of aromatic nitrogens is 2. The molecule has 1 aromatic heterocycles. The Balaban J connectivity index is 1.88. The van der Waals surface area contributed by atoms with Crippen LogP contribution in [0.4, 0.5) is 13.2 Å². The highest BCUT2D eigenvalue weighted by molar-refractivity contribution is 5.82. The van der Waals surface area contributed by atoms with Crippen molar-refractivity contribution < 1.29 is 27.9 Å². The molecule has 0 atom stereocenters. The number of nitrogens with one attached hydrogen (secondary N) is 1. The molecule has 0 saturated heterocycles. The third-order valence-corrected chi connectivity index (χ3v) is 4.66. The average Bonchev–Trinajstić information content (AvgIpc) is 3.11. The van der Waals surface area contributed by atoms with Gasteiger partial charge in [0.05, 0.1) is 23.0 Å². The van der Waals surface area contributed by atoms with Gasteiger partial charge < -0.3 is 15.0 Å². The first-order valence-electron chi connectivity index (χ1n) is 8.25. The van der Waals surface area contributed by atoms with Crippen LogP contribution in [-0.4, -0.2) is 32.1 Å². The van der Waals surface area contributed by atoms with E-state index < -0.39 is 36.0 Å². The SMILES string of the molecule is O=C(O)CC1(NC(=O)Cn2c(C(F)(F)F)nc3ccccc32)CCCC1. The topological polar surface area (TPSA) is 84.2 Å². The van der Waals surface area contributed by atoms with Crippen LogP contribution in [0.5, 0.6) is 0 Å². The van der Waals surface area contributed by atoms with E-state index in [9.17, 15) is 22.8 Å². The van der Waals surface area contributed by atoms with Gasteiger partial charge in [0.2, 0.25) is 11.7 Å². The number of carboxylic acids is 1. The lowest BCUT2D eigenvalue weighted by Crippen LogP contribution is -2.49. The van der Waals surface area contributed by atoms with Gasteiger partial charge in [-0.25, -0.2) is 4.98 Å². The van der Waals surface area contributed by atoms with Crippen molar-refractivity contribution in [2.24, 2.45) is 0 Å². The maximum absolute atomic E-state index is 13.3. The van der Waals surface area contributed by atoms with Gasteiger partial charge in [0, 0.05) is 0 Å². The summed E-state index contributed by atoms with van der Waals surface area (Å²) in [6, 6.07) is 6.05. The monoisotopic (exact) mass is 369 g/mol. The third kappa shape index (κ3) is 3.66. The quantitative estimate of drug-likeness (QED) is 0.849. The first kappa shape index (κ1) is 18.2. The number of amides is 1. The highest BCUT2D eigenvalue weighted by Gasteiger charge is 2.40. The second kappa shape index (κ2) is 6.62. The summed E-state index contributed by atoms with van der Waals surface area (Å²) in [4.78, 5) is 27.2. The molecule has 1 aliphatic rings. The van der Waals surface area contributed by atoms with Crippen LogP contribution < -0.4 is 5.32 Å². The first-order valence-corrected chi connectivity index (χ1v) is 8.25. The molecule has 0 radical (unpaired) electrons. The summed E-state index contributed by atoms with van der Waals surface area (Å²) >= 11 is 0. The lowest BCUT2D eigenvalue weighted by molar-refractivity contribution is -0.147. The van der Waals surface area contributed by atoms with E-state index in [1.54, 1.807) is 12.1 Å². The Bertz CT molecular complexity index is 839. The molecule has 1 fully saturated rings. The summed E-state index contributed by atoms with van der Waals surface area (Å²) in [7, 11) is 0. The van der Waals surface area contributed by atoms with Crippen molar-refractivity contribution >= 4 is 22.9 Å². The van der Waals surface area contributed by atoms with Crippen molar-refractivity contribution in [3.8, 4) is 0 Å². The lowest BCUT2D eigenvalue weighted by Gasteiger charge is -2.29. The van der Waals surface area contributed by atoms with Gasteiger partial charge in [0.15, 0.2) is 0 Å². The molecule has 2 N–H and O–H groups in total. The minimum atomic E-state index is -4.70. The molecule has 1 amide bonds. The Morgan fingerprint density at radius 3 is 2.50 bits per heavy atom. The third-order valence-electron chi connectivity index (χ3n) is 4.66. The highest BCUT2D eigenvalue weighted by Crippen LogP contribution is 2.34. The number of aliphatic carboxylic acids is 1. The molecule has 2 aromatic rings. The number of carbonyl (C=O) groups is 2. The van der Waals surface area contributed by atoms with E-state index in [0.29, 0.717) is 12.8 Å². The second-order valence-electron chi connectivity index (χ2n) is 6.61. The molecular weight excluding hydrogens is 351 g/mol. The largest absolute Gasteiger partial charge is 0.481 e.